The van der Waals surface area contributed by atoms with Crippen molar-refractivity contribution in [1.29, 1.82) is 0 Å². The van der Waals surface area contributed by atoms with E-state index in [1.807, 2.05) is 0 Å². The standard InChI is InChI=1S/C80H103FN12O23S/c1-50-55-18-19-60(71-56-47-93-64(72(56)91-62(70(55)71)40-59(50)81)39-58-57(77(93)102)48-115-78(103)80(58,104)41-52-14-15-52)92-76(101)73(54-16-17-54)116-49-88-68(97)45-85-75(100)63(38-51-10-6-4-7-11-51)90-69(98)46-84-67(96)44-83-65(94)21-20-61(89-66(95)13-9-5-8-12-53-42-86-79(87-43-53)117(3,105)106)74(99)82-22-23-108-26-27-110-30-31-112-34-35-114-37-36-113-33-32-111-29-28-109-25-24-107-2/h4,6-7,10-11,39-40,42-43,52,54,60-61,63,73,104H,5,9,13-38,41,44-49H2,1-3H3,(H,82,99)(H,83,94)(H,84,96)(H,85,100)(H,88,97)(H,89,95)(H,90,98)(H,92,101)/t60-,61-,63-,73-,80-/m0/s1. The number of aliphatic hydroxyl groups is 1. The SMILES string of the molecule is COCCOCCOCCOCCOCCOCCOCCOCCNC(=O)[C@H](CCC(=O)NCC(=O)NCC(=O)N[C@@H](Cc1ccccc1)C(=O)NCC(=O)NCO[C@H](C(=O)N[C@H]1CCc2c(C)c(F)cc3nc4c(c1c23)Cn1c-4cc2c(c1=O)COC(=O)[C@]2(O)CC1CC1)C1CC1)NC(=O)CCCC#Cc1cnc(S(C)(=O)=O)nc1. The van der Waals surface area contributed by atoms with Crippen LogP contribution in [-0.2, 0) is 132 Å². The number of sulfone groups is 1. The van der Waals surface area contributed by atoms with Crippen molar-refractivity contribution in [2.45, 2.75) is 139 Å². The molecule has 0 unspecified atom stereocenters. The second-order valence-electron chi connectivity index (χ2n) is 28.9. The molecule has 2 aliphatic heterocycles. The maximum atomic E-state index is 15.7. The van der Waals surface area contributed by atoms with Crippen LogP contribution in [0.15, 0.2) is 64.8 Å². The summed E-state index contributed by atoms with van der Waals surface area (Å²) >= 11 is 0. The summed E-state index contributed by atoms with van der Waals surface area (Å²) in [7, 11) is -2.00. The fourth-order valence-electron chi connectivity index (χ4n) is 13.6. The summed E-state index contributed by atoms with van der Waals surface area (Å²) in [5.74, 6) is -1.05. The number of carbonyl (C=O) groups is 9. The number of esters is 1. The van der Waals surface area contributed by atoms with Crippen LogP contribution in [0.2, 0.25) is 0 Å². The highest BCUT2D eigenvalue weighted by Crippen LogP contribution is 2.48. The Morgan fingerprint density at radius 2 is 1.28 bits per heavy atom. The largest absolute Gasteiger partial charge is 0.458 e. The van der Waals surface area contributed by atoms with Gasteiger partial charge in [-0.15, -0.1) is 0 Å². The molecule has 3 aromatic heterocycles. The van der Waals surface area contributed by atoms with Crippen LogP contribution in [0.25, 0.3) is 22.3 Å². The van der Waals surface area contributed by atoms with E-state index >= 15 is 4.39 Å². The Hall–Kier alpha value is -9.85. The monoisotopic (exact) mass is 1650 g/mol. The number of carbonyl (C=O) groups excluding carboxylic acids is 9. The fraction of sp³-hybridized carbons (Fsp3) is 0.562. The molecule has 0 radical (unpaired) electrons. The lowest BCUT2D eigenvalue weighted by Crippen LogP contribution is -2.52. The molecule has 2 saturated carbocycles. The minimum absolute atomic E-state index is 0.0288. The van der Waals surface area contributed by atoms with Gasteiger partial charge < -0.3 is 99.6 Å². The van der Waals surface area contributed by atoms with E-state index in [9.17, 15) is 61.5 Å². The zero-order valence-electron chi connectivity index (χ0n) is 65.9. The molecule has 3 aliphatic carbocycles. The summed E-state index contributed by atoms with van der Waals surface area (Å²) in [6.45, 7) is 4.86. The van der Waals surface area contributed by atoms with Gasteiger partial charge in [0.25, 0.3) is 5.56 Å². The summed E-state index contributed by atoms with van der Waals surface area (Å²) in [5.41, 5.74) is 2.29. The van der Waals surface area contributed by atoms with Gasteiger partial charge >= 0.3 is 5.97 Å². The van der Waals surface area contributed by atoms with Gasteiger partial charge in [-0.05, 0) is 92.0 Å². The van der Waals surface area contributed by atoms with Crippen LogP contribution in [0.1, 0.15) is 121 Å². The van der Waals surface area contributed by atoms with Crippen LogP contribution in [0.4, 0.5) is 4.39 Å². The predicted molar refractivity (Wildman–Crippen MR) is 415 cm³/mol. The molecule has 9 N–H and O–H groups in total. The Balaban J connectivity index is 0.643. The van der Waals surface area contributed by atoms with E-state index in [1.165, 1.54) is 23.0 Å². The normalized spacial score (nSPS) is 16.5. The zero-order chi connectivity index (χ0) is 83.3. The first kappa shape index (κ1) is 89.5. The number of halogens is 1. The number of amides is 8. The first-order chi connectivity index (χ1) is 56.5. The third-order valence-electron chi connectivity index (χ3n) is 20.0. The van der Waals surface area contributed by atoms with Crippen molar-refractivity contribution < 1.29 is 108 Å². The number of methoxy groups -OCH3 is 1. The number of aromatic nitrogens is 4. The van der Waals surface area contributed by atoms with Crippen molar-refractivity contribution in [3.63, 3.8) is 0 Å². The van der Waals surface area contributed by atoms with Crippen molar-refractivity contribution in [3.05, 3.63) is 116 Å². The minimum atomic E-state index is -3.61. The van der Waals surface area contributed by atoms with Crippen LogP contribution in [0, 0.1) is 36.4 Å². The molecule has 634 valence electrons. The molecule has 2 aromatic carbocycles. The molecule has 37 heteroatoms. The molecule has 5 atom stereocenters. The fourth-order valence-corrected chi connectivity index (χ4v) is 14.1. The molecule has 8 amide bonds. The molecule has 0 saturated heterocycles. The van der Waals surface area contributed by atoms with Crippen molar-refractivity contribution in [2.75, 3.05) is 145 Å². The van der Waals surface area contributed by atoms with Gasteiger partial charge in [-0.1, -0.05) is 55.0 Å². The lowest BCUT2D eigenvalue weighted by Gasteiger charge is -2.32. The summed E-state index contributed by atoms with van der Waals surface area (Å²) in [6.07, 6.45) is 6.19. The molecule has 35 nitrogen and oxygen atoms in total. The molecular formula is C80H103FN12O23S. The van der Waals surface area contributed by atoms with E-state index in [1.54, 1.807) is 50.4 Å². The van der Waals surface area contributed by atoms with Crippen molar-refractivity contribution in [3.8, 4) is 23.2 Å². The second kappa shape index (κ2) is 44.6. The summed E-state index contributed by atoms with van der Waals surface area (Å²) < 4.78 is 95.5. The number of ether oxygens (including phenoxy) is 10. The van der Waals surface area contributed by atoms with Gasteiger partial charge in [0.05, 0.1) is 159 Å². The van der Waals surface area contributed by atoms with Gasteiger partial charge in [-0.3, -0.25) is 43.2 Å². The quantitative estimate of drug-likeness (QED) is 0.00826. The average Bonchev–Trinajstić information content (AvgIpc) is 1.58. The number of cyclic esters (lactones) is 1. The molecule has 5 aromatic rings. The highest BCUT2D eigenvalue weighted by Gasteiger charge is 2.50. The maximum absolute atomic E-state index is 15.7. The lowest BCUT2D eigenvalue weighted by atomic mass is 9.81. The van der Waals surface area contributed by atoms with Crippen molar-refractivity contribution in [2.24, 2.45) is 11.8 Å². The van der Waals surface area contributed by atoms with Crippen LogP contribution in [0.3, 0.4) is 0 Å². The van der Waals surface area contributed by atoms with Gasteiger partial charge in [0.1, 0.15) is 37.3 Å². The van der Waals surface area contributed by atoms with Gasteiger partial charge in [0, 0.05) is 80.6 Å². The average molecular weight is 1650 g/mol. The lowest BCUT2D eigenvalue weighted by molar-refractivity contribution is -0.173. The number of hydrogen-bond donors (Lipinski definition) is 9. The maximum Gasteiger partial charge on any atom is 0.343 e. The van der Waals surface area contributed by atoms with Crippen molar-refractivity contribution >= 4 is 74.0 Å². The van der Waals surface area contributed by atoms with Crippen LogP contribution in [0.5, 0.6) is 0 Å². The number of aryl methyl sites for hydroxylation is 1. The van der Waals surface area contributed by atoms with Gasteiger partial charge in [0.15, 0.2) is 5.60 Å². The smallest absolute Gasteiger partial charge is 0.343 e. The first-order valence-corrected chi connectivity index (χ1v) is 41.1. The number of hydrogen-bond acceptors (Lipinski definition) is 26. The minimum Gasteiger partial charge on any atom is -0.458 e. The number of pyridine rings is 2. The molecule has 5 heterocycles. The highest BCUT2D eigenvalue weighted by molar-refractivity contribution is 7.90. The van der Waals surface area contributed by atoms with Crippen LogP contribution in [-0.4, -0.2) is 250 Å². The summed E-state index contributed by atoms with van der Waals surface area (Å²) in [4.78, 5) is 148. The van der Waals surface area contributed by atoms with E-state index in [-0.39, 0.29) is 113 Å². The Morgan fingerprint density at radius 1 is 0.684 bits per heavy atom. The van der Waals surface area contributed by atoms with E-state index in [0.717, 1.165) is 24.7 Å². The van der Waals surface area contributed by atoms with Gasteiger partial charge in [-0.25, -0.2) is 32.6 Å². The number of rotatable bonds is 51. The van der Waals surface area contributed by atoms with Gasteiger partial charge in [0.2, 0.25) is 62.3 Å². The first-order valence-electron chi connectivity index (χ1n) is 39.2. The number of nitrogens with zero attached hydrogens (tertiary/aromatic N) is 4. The summed E-state index contributed by atoms with van der Waals surface area (Å²) in [6, 6.07) is 8.51. The van der Waals surface area contributed by atoms with E-state index in [0.29, 0.717) is 155 Å². The topological polar surface area (TPSA) is 457 Å². The molecule has 0 spiro atoms. The Bertz CT molecular complexity index is 4560. The highest BCUT2D eigenvalue weighted by atomic mass is 32.2. The van der Waals surface area contributed by atoms with E-state index in [2.05, 4.69) is 64.3 Å². The Morgan fingerprint density at radius 3 is 1.91 bits per heavy atom. The molecular weight excluding hydrogens is 1550 g/mol. The number of unbranched alkanes of at least 4 members (excludes halogenated alkanes) is 1. The van der Waals surface area contributed by atoms with Gasteiger partial charge in [-0.2, -0.15) is 0 Å². The van der Waals surface area contributed by atoms with E-state index in [4.69, 9.17) is 52.4 Å². The third kappa shape index (κ3) is 26.8. The third-order valence-corrected chi connectivity index (χ3v) is 20.8. The van der Waals surface area contributed by atoms with Crippen LogP contribution >= 0.6 is 0 Å². The number of benzene rings is 2. The Kier molecular flexibility index (Phi) is 34.1. The van der Waals surface area contributed by atoms with Crippen LogP contribution < -0.4 is 48.1 Å². The predicted octanol–water partition coefficient (Wildman–Crippen LogP) is 0.525. The molecule has 10 rings (SSSR count). The number of nitrogens with one attached hydrogen (secondary N) is 8. The van der Waals surface area contributed by atoms with Crippen molar-refractivity contribution in [1.82, 2.24) is 62.1 Å². The molecule has 117 heavy (non-hydrogen) atoms. The molecule has 2 fully saturated rings. The second-order valence-corrected chi connectivity index (χ2v) is 30.8. The van der Waals surface area contributed by atoms with E-state index < -0.39 is 131 Å². The molecule has 0 bridgehead atoms. The Labute approximate surface area is 676 Å². The zero-order valence-corrected chi connectivity index (χ0v) is 66.7. The number of fused-ring (bicyclic) bond motifs is 5. The summed E-state index contributed by atoms with van der Waals surface area (Å²) in [5, 5.41) is 33.3. The molecule has 5 aliphatic rings.